The number of halogens is 2. The maximum atomic E-state index is 13.4. The molecule has 0 aliphatic heterocycles. The summed E-state index contributed by atoms with van der Waals surface area (Å²) in [5.74, 6) is -1.20. The van der Waals surface area contributed by atoms with Gasteiger partial charge in [-0.25, -0.2) is 4.39 Å². The summed E-state index contributed by atoms with van der Waals surface area (Å²) in [6.07, 6.45) is 0.123. The average molecular weight is 280 g/mol. The van der Waals surface area contributed by atoms with Crippen molar-refractivity contribution in [2.45, 2.75) is 6.42 Å². The number of carbonyl (C=O) groups is 1. The molecule has 0 saturated heterocycles. The second-order valence-electron chi connectivity index (χ2n) is 4.02. The Bertz CT molecular complexity index is 599. The van der Waals surface area contributed by atoms with Crippen molar-refractivity contribution in [2.75, 3.05) is 5.32 Å². The quantitative estimate of drug-likeness (QED) is 0.847. The number of benzene rings is 2. The number of hydrogen-bond donors (Lipinski definition) is 2. The average Bonchev–Trinajstić information content (AvgIpc) is 2.36. The predicted molar refractivity (Wildman–Crippen MR) is 71.9 cm³/mol. The van der Waals surface area contributed by atoms with Crippen molar-refractivity contribution in [3.8, 4) is 5.75 Å². The largest absolute Gasteiger partial charge is 0.508 e. The number of phenols is 1. The fourth-order valence-electron chi connectivity index (χ4n) is 1.59. The van der Waals surface area contributed by atoms with Gasteiger partial charge in [-0.1, -0.05) is 23.7 Å². The van der Waals surface area contributed by atoms with Gasteiger partial charge in [-0.15, -0.1) is 0 Å². The molecular formula is C14H11ClFNO2. The first kappa shape index (κ1) is 13.4. The van der Waals surface area contributed by atoms with E-state index in [1.165, 1.54) is 12.1 Å². The molecule has 0 spiro atoms. The predicted octanol–water partition coefficient (Wildman–Crippen LogP) is 3.37. The van der Waals surface area contributed by atoms with Crippen molar-refractivity contribution < 1.29 is 14.3 Å². The summed E-state index contributed by atoms with van der Waals surface area (Å²) in [6.45, 7) is 0. The summed E-state index contributed by atoms with van der Waals surface area (Å²) < 4.78 is 13.4. The van der Waals surface area contributed by atoms with Gasteiger partial charge in [-0.2, -0.15) is 0 Å². The van der Waals surface area contributed by atoms with Crippen molar-refractivity contribution in [3.63, 3.8) is 0 Å². The molecule has 3 nitrogen and oxygen atoms in total. The number of phenolic OH excluding ortho intramolecular Hbond substituents is 1. The van der Waals surface area contributed by atoms with Crippen molar-refractivity contribution in [1.29, 1.82) is 0 Å². The van der Waals surface area contributed by atoms with E-state index >= 15 is 0 Å². The van der Waals surface area contributed by atoms with Gasteiger partial charge < -0.3 is 10.4 Å². The number of amides is 1. The maximum Gasteiger partial charge on any atom is 0.228 e. The van der Waals surface area contributed by atoms with E-state index in [1.54, 1.807) is 24.3 Å². The smallest absolute Gasteiger partial charge is 0.228 e. The monoisotopic (exact) mass is 279 g/mol. The normalized spacial score (nSPS) is 10.2. The van der Waals surface area contributed by atoms with Gasteiger partial charge in [0.25, 0.3) is 0 Å². The zero-order chi connectivity index (χ0) is 13.8. The molecule has 1 amide bonds. The van der Waals surface area contributed by atoms with Crippen LogP contribution in [0.3, 0.4) is 0 Å². The fraction of sp³-hybridized carbons (Fsp3) is 0.0714. The van der Waals surface area contributed by atoms with Crippen LogP contribution in [0.15, 0.2) is 42.5 Å². The molecule has 0 radical (unpaired) electrons. The van der Waals surface area contributed by atoms with Crippen LogP contribution in [0.1, 0.15) is 5.56 Å². The first-order valence-corrected chi connectivity index (χ1v) is 5.95. The van der Waals surface area contributed by atoms with Gasteiger partial charge in [-0.05, 0) is 29.8 Å². The van der Waals surface area contributed by atoms with E-state index in [2.05, 4.69) is 5.32 Å². The van der Waals surface area contributed by atoms with Crippen LogP contribution in [0.5, 0.6) is 5.75 Å². The lowest BCUT2D eigenvalue weighted by Crippen LogP contribution is -2.15. The third kappa shape index (κ3) is 3.69. The second kappa shape index (κ2) is 5.71. The van der Waals surface area contributed by atoms with Crippen molar-refractivity contribution in [3.05, 3.63) is 58.9 Å². The van der Waals surface area contributed by atoms with Crippen LogP contribution < -0.4 is 5.32 Å². The number of rotatable bonds is 3. The molecule has 2 N–H and O–H groups in total. The van der Waals surface area contributed by atoms with E-state index < -0.39 is 5.82 Å². The highest BCUT2D eigenvalue weighted by atomic mass is 35.5. The number of nitrogens with one attached hydrogen (secondary N) is 1. The molecule has 0 aliphatic carbocycles. The Kier molecular flexibility index (Phi) is 4.02. The minimum Gasteiger partial charge on any atom is -0.508 e. The molecule has 0 saturated carbocycles. The van der Waals surface area contributed by atoms with Gasteiger partial charge >= 0.3 is 0 Å². The van der Waals surface area contributed by atoms with Crippen LogP contribution in [0, 0.1) is 5.82 Å². The topological polar surface area (TPSA) is 49.3 Å². The third-order valence-corrected chi connectivity index (χ3v) is 2.76. The number of aromatic hydroxyl groups is 1. The molecule has 0 unspecified atom stereocenters. The maximum absolute atomic E-state index is 13.4. The van der Waals surface area contributed by atoms with Crippen LogP contribution in [-0.4, -0.2) is 11.0 Å². The second-order valence-corrected chi connectivity index (χ2v) is 4.45. The molecule has 0 bridgehead atoms. The van der Waals surface area contributed by atoms with Crippen LogP contribution in [0.4, 0.5) is 10.1 Å². The molecule has 2 aromatic rings. The highest BCUT2D eigenvalue weighted by Gasteiger charge is 2.08. The minimum atomic E-state index is -0.676. The Morgan fingerprint density at radius 3 is 2.53 bits per heavy atom. The van der Waals surface area contributed by atoms with Crippen molar-refractivity contribution in [1.82, 2.24) is 0 Å². The van der Waals surface area contributed by atoms with Crippen LogP contribution in [-0.2, 0) is 11.2 Å². The van der Waals surface area contributed by atoms with Crippen LogP contribution >= 0.6 is 11.6 Å². The van der Waals surface area contributed by atoms with Gasteiger partial charge in [-0.3, -0.25) is 4.79 Å². The highest BCUT2D eigenvalue weighted by Crippen LogP contribution is 2.19. The SMILES string of the molecule is O=C(Cc1ccc(Cl)cc1)Nc1ccc(O)cc1F. The van der Waals surface area contributed by atoms with Crippen LogP contribution in [0.25, 0.3) is 0 Å². The minimum absolute atomic E-state index is 0.0387. The van der Waals surface area contributed by atoms with E-state index in [-0.39, 0.29) is 23.8 Å². The summed E-state index contributed by atoms with van der Waals surface area (Å²) >= 11 is 5.74. The number of anilines is 1. The summed E-state index contributed by atoms with van der Waals surface area (Å²) in [5.41, 5.74) is 0.817. The molecule has 2 aromatic carbocycles. The van der Waals surface area contributed by atoms with E-state index in [0.717, 1.165) is 11.6 Å². The molecule has 2 rings (SSSR count). The molecule has 5 heteroatoms. The van der Waals surface area contributed by atoms with E-state index in [0.29, 0.717) is 5.02 Å². The molecule has 0 aromatic heterocycles. The lowest BCUT2D eigenvalue weighted by Gasteiger charge is -2.07. The number of hydrogen-bond acceptors (Lipinski definition) is 2. The number of carbonyl (C=O) groups excluding carboxylic acids is 1. The molecule has 0 heterocycles. The molecule has 98 valence electrons. The Morgan fingerprint density at radius 1 is 1.21 bits per heavy atom. The summed E-state index contributed by atoms with van der Waals surface area (Å²) in [7, 11) is 0. The van der Waals surface area contributed by atoms with E-state index in [9.17, 15) is 9.18 Å². The van der Waals surface area contributed by atoms with Gasteiger partial charge in [0.05, 0.1) is 12.1 Å². The van der Waals surface area contributed by atoms with Gasteiger partial charge in [0, 0.05) is 11.1 Å². The van der Waals surface area contributed by atoms with Crippen molar-refractivity contribution >= 4 is 23.2 Å². The van der Waals surface area contributed by atoms with Gasteiger partial charge in [0.15, 0.2) is 0 Å². The van der Waals surface area contributed by atoms with E-state index in [1.807, 2.05) is 0 Å². The Morgan fingerprint density at radius 2 is 1.89 bits per heavy atom. The summed E-state index contributed by atoms with van der Waals surface area (Å²) in [6, 6.07) is 10.4. The standard InChI is InChI=1S/C14H11ClFNO2/c15-10-3-1-9(2-4-10)7-14(19)17-13-6-5-11(18)8-12(13)16/h1-6,8,18H,7H2,(H,17,19). The summed E-state index contributed by atoms with van der Waals surface area (Å²) in [4.78, 5) is 11.7. The molecule has 19 heavy (non-hydrogen) atoms. The van der Waals surface area contributed by atoms with E-state index in [4.69, 9.17) is 16.7 Å². The Hall–Kier alpha value is -2.07. The fourth-order valence-corrected chi connectivity index (χ4v) is 1.71. The van der Waals surface area contributed by atoms with Crippen LogP contribution in [0.2, 0.25) is 5.02 Å². The van der Waals surface area contributed by atoms with Gasteiger partial charge in [0.1, 0.15) is 11.6 Å². The zero-order valence-corrected chi connectivity index (χ0v) is 10.6. The highest BCUT2D eigenvalue weighted by molar-refractivity contribution is 6.30. The summed E-state index contributed by atoms with van der Waals surface area (Å²) in [5, 5.41) is 12.1. The molecule has 0 atom stereocenters. The Balaban J connectivity index is 2.03. The van der Waals surface area contributed by atoms with Crippen molar-refractivity contribution in [2.24, 2.45) is 0 Å². The van der Waals surface area contributed by atoms with Gasteiger partial charge in [0.2, 0.25) is 5.91 Å². The first-order valence-electron chi connectivity index (χ1n) is 5.57. The lowest BCUT2D eigenvalue weighted by molar-refractivity contribution is -0.115. The molecule has 0 aliphatic rings. The zero-order valence-electron chi connectivity index (χ0n) is 9.86. The lowest BCUT2D eigenvalue weighted by atomic mass is 10.1. The Labute approximate surface area is 114 Å². The third-order valence-electron chi connectivity index (χ3n) is 2.50. The molecular weight excluding hydrogens is 269 g/mol. The molecule has 0 fully saturated rings. The first-order chi connectivity index (χ1) is 9.04.